The Labute approximate surface area is 274 Å². The summed E-state index contributed by atoms with van der Waals surface area (Å²) in [5.74, 6) is 1.88. The quantitative estimate of drug-likeness (QED) is 0.137. The number of methoxy groups -OCH3 is 1. The second-order valence-corrected chi connectivity index (χ2v) is 11.7. The van der Waals surface area contributed by atoms with E-state index in [1.54, 1.807) is 12.0 Å². The van der Waals surface area contributed by atoms with Gasteiger partial charge >= 0.3 is 0 Å². The van der Waals surface area contributed by atoms with Crippen molar-refractivity contribution in [2.45, 2.75) is 26.2 Å². The molecule has 230 valence electrons. The number of carbonyl (C=O) groups excluding carboxylic acids is 1. The fraction of sp³-hybridized carbons (Fsp3) is 0.128. The Hall–Kier alpha value is -5.27. The molecule has 1 atom stereocenters. The molecule has 0 aliphatic carbocycles. The highest BCUT2D eigenvalue weighted by Gasteiger charge is 2.37. The molecule has 1 aliphatic rings. The van der Waals surface area contributed by atoms with Crippen LogP contribution in [0.5, 0.6) is 17.2 Å². The molecule has 5 aromatic carbocycles. The number of hydrogen-bond acceptors (Lipinski definition) is 6. The molecule has 5 aromatic rings. The lowest BCUT2D eigenvalue weighted by Crippen LogP contribution is -2.32. The molecule has 1 unspecified atom stereocenters. The van der Waals surface area contributed by atoms with E-state index in [1.165, 1.54) is 11.8 Å². The van der Waals surface area contributed by atoms with Crippen molar-refractivity contribution < 1.29 is 19.0 Å². The van der Waals surface area contributed by atoms with Gasteiger partial charge in [-0.15, -0.1) is 0 Å². The van der Waals surface area contributed by atoms with Gasteiger partial charge in [0.25, 0.3) is 5.91 Å². The van der Waals surface area contributed by atoms with Crippen molar-refractivity contribution in [2.75, 3.05) is 7.11 Å². The van der Waals surface area contributed by atoms with Crippen molar-refractivity contribution in [1.29, 1.82) is 0 Å². The molecule has 6 nitrogen and oxygen atoms in total. The highest BCUT2D eigenvalue weighted by atomic mass is 32.2. The average Bonchev–Trinajstić information content (AvgIpc) is 3.41. The summed E-state index contributed by atoms with van der Waals surface area (Å²) in [6, 6.07) is 43.1. The first-order valence-corrected chi connectivity index (χ1v) is 15.9. The van der Waals surface area contributed by atoms with Crippen LogP contribution in [0.4, 0.5) is 5.69 Å². The first-order chi connectivity index (χ1) is 22.6. The van der Waals surface area contributed by atoms with E-state index in [1.807, 2.05) is 146 Å². The summed E-state index contributed by atoms with van der Waals surface area (Å²) >= 11 is 1.36. The lowest BCUT2D eigenvalue weighted by Gasteiger charge is -2.24. The monoisotopic (exact) mass is 626 g/mol. The molecule has 1 aliphatic heterocycles. The molecule has 0 bridgehead atoms. The van der Waals surface area contributed by atoms with Crippen molar-refractivity contribution in [1.82, 2.24) is 4.90 Å². The summed E-state index contributed by atoms with van der Waals surface area (Å²) < 4.78 is 17.8. The zero-order chi connectivity index (χ0) is 31.7. The van der Waals surface area contributed by atoms with Gasteiger partial charge in [0, 0.05) is 0 Å². The van der Waals surface area contributed by atoms with Gasteiger partial charge < -0.3 is 14.2 Å². The predicted octanol–water partition coefficient (Wildman–Crippen LogP) is 9.22. The summed E-state index contributed by atoms with van der Waals surface area (Å²) in [4.78, 5) is 21.3. The minimum Gasteiger partial charge on any atom is -0.497 e. The third kappa shape index (κ3) is 7.50. The van der Waals surface area contributed by atoms with Crippen molar-refractivity contribution in [3.05, 3.63) is 161 Å². The number of rotatable bonds is 11. The predicted molar refractivity (Wildman–Crippen MR) is 185 cm³/mol. The molecule has 0 spiro atoms. The Balaban J connectivity index is 1.32. The van der Waals surface area contributed by atoms with Gasteiger partial charge in [-0.25, -0.2) is 4.99 Å². The largest absolute Gasteiger partial charge is 0.497 e. The Kier molecular flexibility index (Phi) is 9.81. The second-order valence-electron chi connectivity index (χ2n) is 10.7. The van der Waals surface area contributed by atoms with Gasteiger partial charge in [-0.1, -0.05) is 97.1 Å². The number of amidine groups is 1. The number of carbonyl (C=O) groups is 1. The maximum Gasteiger partial charge on any atom is 0.267 e. The van der Waals surface area contributed by atoms with E-state index in [9.17, 15) is 4.79 Å². The summed E-state index contributed by atoms with van der Waals surface area (Å²) in [5.41, 5.74) is 4.69. The van der Waals surface area contributed by atoms with E-state index in [2.05, 4.69) is 0 Å². The minimum atomic E-state index is -0.220. The van der Waals surface area contributed by atoms with Gasteiger partial charge in [-0.3, -0.25) is 9.69 Å². The van der Waals surface area contributed by atoms with Crippen LogP contribution in [-0.4, -0.2) is 23.1 Å². The number of nitrogens with zero attached hydrogens (tertiary/aromatic N) is 2. The van der Waals surface area contributed by atoms with E-state index in [4.69, 9.17) is 19.2 Å². The second kappa shape index (κ2) is 14.7. The Morgan fingerprint density at radius 2 is 1.33 bits per heavy atom. The molecule has 0 radical (unpaired) electrons. The van der Waals surface area contributed by atoms with Crippen LogP contribution >= 0.6 is 11.8 Å². The molecule has 1 amide bonds. The smallest absolute Gasteiger partial charge is 0.267 e. The molecular weight excluding hydrogens is 593 g/mol. The van der Waals surface area contributed by atoms with Gasteiger partial charge in [0.05, 0.1) is 23.7 Å². The average molecular weight is 627 g/mol. The molecule has 1 fully saturated rings. The zero-order valence-corrected chi connectivity index (χ0v) is 26.5. The standard InChI is InChI=1S/C39H34N2O4S/c1-28(32-16-10-5-11-17-32)41-38(42)37(46-39(41)40-33-19-21-34(43-2)22-20-33)25-31-18-23-35(44-26-29-12-6-3-7-13-29)36(24-31)45-27-30-14-8-4-9-15-30/h3-25,28H,26-27H2,1-2H3/b37-25-,40-39?. The van der Waals surface area contributed by atoms with Gasteiger partial charge in [0.2, 0.25) is 0 Å². The van der Waals surface area contributed by atoms with Crippen LogP contribution in [0.25, 0.3) is 6.08 Å². The number of aliphatic imine (C=N–C) groups is 1. The van der Waals surface area contributed by atoms with Crippen molar-refractivity contribution in [2.24, 2.45) is 4.99 Å². The third-order valence-corrected chi connectivity index (χ3v) is 8.53. The number of ether oxygens (including phenoxy) is 3. The van der Waals surface area contributed by atoms with E-state index in [-0.39, 0.29) is 11.9 Å². The third-order valence-electron chi connectivity index (χ3n) is 7.54. The van der Waals surface area contributed by atoms with E-state index < -0.39 is 0 Å². The summed E-state index contributed by atoms with van der Waals surface area (Å²) in [5, 5.41) is 0.612. The first kappa shape index (κ1) is 30.7. The van der Waals surface area contributed by atoms with Crippen LogP contribution in [-0.2, 0) is 18.0 Å². The van der Waals surface area contributed by atoms with Crippen molar-refractivity contribution >= 4 is 34.6 Å². The molecule has 0 saturated carbocycles. The topological polar surface area (TPSA) is 60.4 Å². The molecular formula is C39H34N2O4S. The van der Waals surface area contributed by atoms with E-state index in [0.717, 1.165) is 33.7 Å². The van der Waals surface area contributed by atoms with Crippen LogP contribution in [0, 0.1) is 0 Å². The minimum absolute atomic E-state index is 0.107. The molecule has 1 heterocycles. The van der Waals surface area contributed by atoms with Crippen molar-refractivity contribution in [3.8, 4) is 17.2 Å². The van der Waals surface area contributed by atoms with Crippen molar-refractivity contribution in [3.63, 3.8) is 0 Å². The molecule has 7 heteroatoms. The number of benzene rings is 5. The van der Waals surface area contributed by atoms with Crippen LogP contribution < -0.4 is 14.2 Å². The zero-order valence-electron chi connectivity index (χ0n) is 25.7. The lowest BCUT2D eigenvalue weighted by molar-refractivity contribution is -0.123. The molecule has 0 N–H and O–H groups in total. The van der Waals surface area contributed by atoms with Crippen LogP contribution in [0.3, 0.4) is 0 Å². The van der Waals surface area contributed by atoms with Crippen LogP contribution in [0.2, 0.25) is 0 Å². The lowest BCUT2D eigenvalue weighted by atomic mass is 10.1. The Morgan fingerprint density at radius 1 is 0.739 bits per heavy atom. The maximum absolute atomic E-state index is 14.0. The van der Waals surface area contributed by atoms with Gasteiger partial charge in [-0.05, 0) is 83.4 Å². The molecule has 0 aromatic heterocycles. The van der Waals surface area contributed by atoms with Crippen LogP contribution in [0.1, 0.15) is 35.2 Å². The summed E-state index contributed by atoms with van der Waals surface area (Å²) in [6.07, 6.45) is 1.89. The number of thioether (sulfide) groups is 1. The van der Waals surface area contributed by atoms with E-state index >= 15 is 0 Å². The SMILES string of the molecule is COc1ccc(N=C2S/C(=C\c3ccc(OCc4ccccc4)c(OCc4ccccc4)c3)C(=O)N2C(C)c2ccccc2)cc1. The molecule has 6 rings (SSSR count). The molecule has 46 heavy (non-hydrogen) atoms. The fourth-order valence-corrected chi connectivity index (χ4v) is 6.09. The highest BCUT2D eigenvalue weighted by molar-refractivity contribution is 8.18. The fourth-order valence-electron chi connectivity index (χ4n) is 5.02. The Morgan fingerprint density at radius 3 is 1.93 bits per heavy atom. The number of amides is 1. The summed E-state index contributed by atoms with van der Waals surface area (Å²) in [7, 11) is 1.63. The van der Waals surface area contributed by atoms with Gasteiger partial charge in [0.15, 0.2) is 16.7 Å². The molecule has 1 saturated heterocycles. The maximum atomic E-state index is 14.0. The first-order valence-electron chi connectivity index (χ1n) is 15.1. The summed E-state index contributed by atoms with van der Waals surface area (Å²) in [6.45, 7) is 2.82. The van der Waals surface area contributed by atoms with Crippen LogP contribution in [0.15, 0.2) is 143 Å². The highest BCUT2D eigenvalue weighted by Crippen LogP contribution is 2.40. The number of hydrogen-bond donors (Lipinski definition) is 0. The normalized spacial score (nSPS) is 15.3. The Bertz CT molecular complexity index is 1830. The van der Waals surface area contributed by atoms with E-state index in [0.29, 0.717) is 34.8 Å². The van der Waals surface area contributed by atoms with Gasteiger partial charge in [0.1, 0.15) is 19.0 Å². The van der Waals surface area contributed by atoms with Gasteiger partial charge in [-0.2, -0.15) is 0 Å².